The number of primary sulfonamides is 1. The van der Waals surface area contributed by atoms with Gasteiger partial charge in [0.2, 0.25) is 10.0 Å². The highest BCUT2D eigenvalue weighted by Gasteiger charge is 2.19. The zero-order valence-corrected chi connectivity index (χ0v) is 16.9. The number of hydrogen-bond acceptors (Lipinski definition) is 4. The Morgan fingerprint density at radius 3 is 2.29 bits per heavy atom. The highest BCUT2D eigenvalue weighted by atomic mass is 35.5. The van der Waals surface area contributed by atoms with Crippen molar-refractivity contribution in [3.05, 3.63) is 65.3 Å². The summed E-state index contributed by atoms with van der Waals surface area (Å²) in [4.78, 5) is 14.1. The molecule has 0 aliphatic carbocycles. The van der Waals surface area contributed by atoms with Crippen molar-refractivity contribution < 1.29 is 13.2 Å². The fourth-order valence-corrected chi connectivity index (χ4v) is 3.27. The van der Waals surface area contributed by atoms with Crippen molar-refractivity contribution >= 4 is 27.5 Å². The summed E-state index contributed by atoms with van der Waals surface area (Å²) in [5.74, 6) is -0.211. The van der Waals surface area contributed by atoms with Gasteiger partial charge in [0.15, 0.2) is 5.69 Å². The van der Waals surface area contributed by atoms with Crippen molar-refractivity contribution in [2.45, 2.75) is 11.8 Å². The minimum Gasteiger partial charge on any atom is -0.341 e. The molecule has 0 saturated carbocycles. The first kappa shape index (κ1) is 20.1. The molecule has 0 radical (unpaired) electrons. The Balaban J connectivity index is 2.14. The molecule has 0 atom stereocenters. The third kappa shape index (κ3) is 4.09. The summed E-state index contributed by atoms with van der Waals surface area (Å²) in [5.41, 5.74) is 2.36. The van der Waals surface area contributed by atoms with Gasteiger partial charge in [-0.05, 0) is 49.4 Å². The molecule has 1 aromatic heterocycles. The summed E-state index contributed by atoms with van der Waals surface area (Å²) in [6, 6.07) is 14.8. The van der Waals surface area contributed by atoms with Crippen LogP contribution in [0.1, 0.15) is 17.4 Å². The van der Waals surface area contributed by atoms with Gasteiger partial charge in [-0.3, -0.25) is 4.79 Å². The molecule has 0 fully saturated rings. The van der Waals surface area contributed by atoms with E-state index >= 15 is 0 Å². The summed E-state index contributed by atoms with van der Waals surface area (Å²) in [5, 5.41) is 10.2. The number of benzene rings is 2. The van der Waals surface area contributed by atoms with Crippen molar-refractivity contribution in [3.8, 4) is 16.9 Å². The Bertz CT molecular complexity index is 1110. The number of aromatic nitrogens is 2. The van der Waals surface area contributed by atoms with Crippen LogP contribution in [0.25, 0.3) is 16.9 Å². The third-order valence-electron chi connectivity index (χ3n) is 4.30. The summed E-state index contributed by atoms with van der Waals surface area (Å²) < 4.78 is 24.6. The maximum absolute atomic E-state index is 12.6. The maximum Gasteiger partial charge on any atom is 0.274 e. The van der Waals surface area contributed by atoms with E-state index in [2.05, 4.69) is 5.10 Å². The highest BCUT2D eigenvalue weighted by Crippen LogP contribution is 2.26. The second-order valence-electron chi connectivity index (χ2n) is 6.19. The van der Waals surface area contributed by atoms with E-state index in [1.54, 1.807) is 47.0 Å². The minimum atomic E-state index is -3.80. The molecular weight excluding hydrogens is 400 g/mol. The van der Waals surface area contributed by atoms with Crippen LogP contribution in [0.15, 0.2) is 59.5 Å². The Morgan fingerprint density at radius 1 is 1.14 bits per heavy atom. The smallest absolute Gasteiger partial charge is 0.274 e. The third-order valence-corrected chi connectivity index (χ3v) is 5.48. The van der Waals surface area contributed by atoms with Crippen LogP contribution in [0, 0.1) is 0 Å². The molecule has 146 valence electrons. The lowest BCUT2D eigenvalue weighted by Gasteiger charge is -2.12. The van der Waals surface area contributed by atoms with Gasteiger partial charge in [0.05, 0.1) is 16.3 Å². The average molecular weight is 419 g/mol. The predicted molar refractivity (Wildman–Crippen MR) is 108 cm³/mol. The Hall–Kier alpha value is -2.68. The van der Waals surface area contributed by atoms with Crippen molar-refractivity contribution in [1.82, 2.24) is 14.7 Å². The fraction of sp³-hybridized carbons (Fsp3) is 0.158. The van der Waals surface area contributed by atoms with Crippen LogP contribution < -0.4 is 5.14 Å². The molecule has 0 spiro atoms. The van der Waals surface area contributed by atoms with Crippen molar-refractivity contribution in [2.24, 2.45) is 5.14 Å². The first-order chi connectivity index (χ1) is 13.2. The molecule has 7 nitrogen and oxygen atoms in total. The molecule has 1 amide bonds. The number of amides is 1. The number of halogens is 1. The number of rotatable bonds is 5. The molecule has 9 heteroatoms. The van der Waals surface area contributed by atoms with Crippen LogP contribution in [-0.4, -0.2) is 42.6 Å². The quantitative estimate of drug-likeness (QED) is 0.688. The largest absolute Gasteiger partial charge is 0.341 e. The summed E-state index contributed by atoms with van der Waals surface area (Å²) in [7, 11) is -2.10. The first-order valence-electron chi connectivity index (χ1n) is 8.45. The molecule has 0 aliphatic rings. The molecule has 0 unspecified atom stereocenters. The zero-order valence-electron chi connectivity index (χ0n) is 15.3. The molecule has 0 bridgehead atoms. The lowest BCUT2D eigenvalue weighted by Crippen LogP contribution is -2.26. The van der Waals surface area contributed by atoms with Crippen molar-refractivity contribution in [2.75, 3.05) is 13.6 Å². The van der Waals surface area contributed by atoms with E-state index in [9.17, 15) is 13.2 Å². The molecule has 3 aromatic rings. The van der Waals surface area contributed by atoms with Crippen LogP contribution in [0.3, 0.4) is 0 Å². The number of nitrogens with zero attached hydrogens (tertiary/aromatic N) is 3. The molecule has 3 rings (SSSR count). The van der Waals surface area contributed by atoms with Gasteiger partial charge in [-0.15, -0.1) is 0 Å². The number of nitrogens with two attached hydrogens (primary N) is 1. The Kier molecular flexibility index (Phi) is 5.55. The molecule has 1 heterocycles. The molecule has 28 heavy (non-hydrogen) atoms. The van der Waals surface area contributed by atoms with Crippen LogP contribution in [0.2, 0.25) is 5.02 Å². The maximum atomic E-state index is 12.6. The van der Waals surface area contributed by atoms with Gasteiger partial charge in [0.1, 0.15) is 0 Å². The predicted octanol–water partition coefficient (Wildman–Crippen LogP) is 2.93. The average Bonchev–Trinajstić information content (AvgIpc) is 3.12. The second kappa shape index (κ2) is 7.75. The number of carbonyl (C=O) groups excluding carboxylic acids is 1. The topological polar surface area (TPSA) is 98.3 Å². The van der Waals surface area contributed by atoms with E-state index in [1.807, 2.05) is 19.1 Å². The van der Waals surface area contributed by atoms with Gasteiger partial charge in [-0.25, -0.2) is 18.2 Å². The Labute approximate surface area is 168 Å². The van der Waals surface area contributed by atoms with Gasteiger partial charge < -0.3 is 4.90 Å². The van der Waals surface area contributed by atoms with Gasteiger partial charge in [0.25, 0.3) is 5.91 Å². The van der Waals surface area contributed by atoms with Gasteiger partial charge in [0, 0.05) is 24.2 Å². The second-order valence-corrected chi connectivity index (χ2v) is 8.19. The molecule has 2 aromatic carbocycles. The molecule has 0 saturated heterocycles. The summed E-state index contributed by atoms with van der Waals surface area (Å²) in [6.07, 6.45) is 0. The summed E-state index contributed by atoms with van der Waals surface area (Å²) in [6.45, 7) is 2.42. The van der Waals surface area contributed by atoms with Crippen molar-refractivity contribution in [3.63, 3.8) is 0 Å². The number of carbonyl (C=O) groups is 1. The lowest BCUT2D eigenvalue weighted by molar-refractivity contribution is 0.0796. The van der Waals surface area contributed by atoms with Gasteiger partial charge >= 0.3 is 0 Å². The van der Waals surface area contributed by atoms with Gasteiger partial charge in [-0.2, -0.15) is 5.10 Å². The molecular formula is C19H19ClN4O3S. The van der Waals surface area contributed by atoms with Crippen LogP contribution in [-0.2, 0) is 10.0 Å². The summed E-state index contributed by atoms with van der Waals surface area (Å²) >= 11 is 5.98. The normalized spacial score (nSPS) is 11.4. The number of hydrogen-bond donors (Lipinski definition) is 1. The zero-order chi connectivity index (χ0) is 20.5. The highest BCUT2D eigenvalue weighted by molar-refractivity contribution is 7.89. The molecule has 2 N–H and O–H groups in total. The SMILES string of the molecule is CCN(C)C(=O)c1cc(-c2ccc(Cl)cc2)n(-c2ccc(S(N)(=O)=O)cc2)n1. The van der Waals surface area contributed by atoms with Crippen LogP contribution in [0.4, 0.5) is 0 Å². The fourth-order valence-electron chi connectivity index (χ4n) is 2.62. The van der Waals surface area contributed by atoms with E-state index in [-0.39, 0.29) is 16.5 Å². The van der Waals surface area contributed by atoms with E-state index in [0.29, 0.717) is 22.9 Å². The first-order valence-corrected chi connectivity index (χ1v) is 10.4. The van der Waals surface area contributed by atoms with Crippen LogP contribution in [0.5, 0.6) is 0 Å². The standard InChI is InChI=1S/C19H19ClN4O3S/c1-3-23(2)19(25)17-12-18(13-4-6-14(20)7-5-13)24(22-17)15-8-10-16(11-9-15)28(21,26)27/h4-12H,3H2,1-2H3,(H2,21,26,27). The van der Waals surface area contributed by atoms with E-state index in [1.165, 1.54) is 12.1 Å². The van der Waals surface area contributed by atoms with Crippen LogP contribution >= 0.6 is 11.6 Å². The Morgan fingerprint density at radius 2 is 1.75 bits per heavy atom. The monoisotopic (exact) mass is 418 g/mol. The van der Waals surface area contributed by atoms with Gasteiger partial charge in [-0.1, -0.05) is 23.7 Å². The minimum absolute atomic E-state index is 0.00142. The molecule has 0 aliphatic heterocycles. The van der Waals surface area contributed by atoms with E-state index < -0.39 is 10.0 Å². The van der Waals surface area contributed by atoms with Crippen molar-refractivity contribution in [1.29, 1.82) is 0 Å². The van der Waals surface area contributed by atoms with E-state index in [0.717, 1.165) is 5.56 Å². The van der Waals surface area contributed by atoms with E-state index in [4.69, 9.17) is 16.7 Å². The lowest BCUT2D eigenvalue weighted by atomic mass is 10.1. The number of sulfonamides is 1.